The van der Waals surface area contributed by atoms with Crippen LogP contribution in [0.4, 0.5) is 0 Å². The lowest BCUT2D eigenvalue weighted by molar-refractivity contribution is -0.536. The first kappa shape index (κ1) is 10.6. The van der Waals surface area contributed by atoms with Crippen molar-refractivity contribution in [3.8, 4) is 0 Å². The van der Waals surface area contributed by atoms with Crippen LogP contribution in [0.2, 0.25) is 0 Å². The van der Waals surface area contributed by atoms with Gasteiger partial charge >= 0.3 is 0 Å². The molecular weight excluding hydrogens is 184 g/mol. The van der Waals surface area contributed by atoms with Gasteiger partial charge < -0.3 is 5.11 Å². The Morgan fingerprint density at radius 3 is 2.79 bits per heavy atom. The van der Waals surface area contributed by atoms with Crippen LogP contribution in [-0.2, 0) is 0 Å². The number of aromatic nitrogens is 1. The SMILES string of the molecule is CCC(C(O)c1ccccn1)[N+](=O)[O-]. The Hall–Kier alpha value is -1.49. The van der Waals surface area contributed by atoms with Crippen LogP contribution in [0, 0.1) is 10.1 Å². The van der Waals surface area contributed by atoms with Crippen LogP contribution in [-0.4, -0.2) is 21.1 Å². The minimum Gasteiger partial charge on any atom is -0.380 e. The molecule has 0 fully saturated rings. The Kier molecular flexibility index (Phi) is 3.53. The normalized spacial score (nSPS) is 14.7. The molecule has 76 valence electrons. The molecule has 5 heteroatoms. The van der Waals surface area contributed by atoms with Crippen molar-refractivity contribution >= 4 is 0 Å². The van der Waals surface area contributed by atoms with Crippen molar-refractivity contribution in [2.45, 2.75) is 25.5 Å². The molecule has 1 heterocycles. The third-order valence-electron chi connectivity index (χ3n) is 2.04. The lowest BCUT2D eigenvalue weighted by Crippen LogP contribution is -2.27. The second-order valence-corrected chi connectivity index (χ2v) is 2.96. The van der Waals surface area contributed by atoms with Gasteiger partial charge in [-0.1, -0.05) is 13.0 Å². The van der Waals surface area contributed by atoms with Crippen LogP contribution >= 0.6 is 0 Å². The van der Waals surface area contributed by atoms with E-state index in [2.05, 4.69) is 4.98 Å². The first-order chi connectivity index (χ1) is 6.66. The van der Waals surface area contributed by atoms with Crippen LogP contribution < -0.4 is 0 Å². The van der Waals surface area contributed by atoms with E-state index in [-0.39, 0.29) is 6.42 Å². The fourth-order valence-electron chi connectivity index (χ4n) is 1.24. The number of pyridine rings is 1. The standard InChI is InChI=1S/C9H12N2O3/c1-2-8(11(13)14)9(12)7-5-3-4-6-10-7/h3-6,8-9,12H,2H2,1H3. The van der Waals surface area contributed by atoms with E-state index in [0.29, 0.717) is 5.69 Å². The minimum atomic E-state index is -1.13. The van der Waals surface area contributed by atoms with Crippen molar-refractivity contribution in [3.63, 3.8) is 0 Å². The lowest BCUT2D eigenvalue weighted by atomic mass is 10.1. The molecule has 1 rings (SSSR count). The average molecular weight is 196 g/mol. The van der Waals surface area contributed by atoms with Gasteiger partial charge in [-0.3, -0.25) is 15.1 Å². The van der Waals surface area contributed by atoms with Crippen molar-refractivity contribution in [1.82, 2.24) is 4.98 Å². The number of nitro groups is 1. The zero-order chi connectivity index (χ0) is 10.6. The Balaban J connectivity index is 2.83. The van der Waals surface area contributed by atoms with E-state index in [0.717, 1.165) is 0 Å². The van der Waals surface area contributed by atoms with Crippen LogP contribution in [0.5, 0.6) is 0 Å². The third-order valence-corrected chi connectivity index (χ3v) is 2.04. The fourth-order valence-corrected chi connectivity index (χ4v) is 1.24. The van der Waals surface area contributed by atoms with Gasteiger partial charge in [0.05, 0.1) is 5.69 Å². The molecule has 1 aromatic heterocycles. The summed E-state index contributed by atoms with van der Waals surface area (Å²) in [5, 5.41) is 20.2. The highest BCUT2D eigenvalue weighted by atomic mass is 16.6. The average Bonchev–Trinajstić information content (AvgIpc) is 2.19. The Bertz CT molecular complexity index is 302. The molecule has 0 bridgehead atoms. The summed E-state index contributed by atoms with van der Waals surface area (Å²) in [7, 11) is 0. The molecule has 14 heavy (non-hydrogen) atoms. The van der Waals surface area contributed by atoms with E-state index in [1.165, 1.54) is 6.20 Å². The van der Waals surface area contributed by atoms with Crippen LogP contribution in [0.1, 0.15) is 25.1 Å². The van der Waals surface area contributed by atoms with Gasteiger partial charge in [0.2, 0.25) is 6.04 Å². The van der Waals surface area contributed by atoms with Gasteiger partial charge in [0.15, 0.2) is 6.10 Å². The summed E-state index contributed by atoms with van der Waals surface area (Å²) in [5.74, 6) is 0. The molecule has 1 aromatic rings. The zero-order valence-electron chi connectivity index (χ0n) is 7.83. The molecule has 0 aliphatic heterocycles. The summed E-state index contributed by atoms with van der Waals surface area (Å²) in [6.07, 6.45) is 0.659. The number of hydrogen-bond donors (Lipinski definition) is 1. The largest absolute Gasteiger partial charge is 0.380 e. The van der Waals surface area contributed by atoms with E-state index in [9.17, 15) is 15.2 Å². The van der Waals surface area contributed by atoms with E-state index < -0.39 is 17.1 Å². The van der Waals surface area contributed by atoms with Crippen molar-refractivity contribution in [1.29, 1.82) is 0 Å². The molecule has 0 saturated heterocycles. The fraction of sp³-hybridized carbons (Fsp3) is 0.444. The van der Waals surface area contributed by atoms with Crippen molar-refractivity contribution in [2.75, 3.05) is 0 Å². The molecular formula is C9H12N2O3. The van der Waals surface area contributed by atoms with Gasteiger partial charge in [0.25, 0.3) is 0 Å². The number of aliphatic hydroxyl groups is 1. The van der Waals surface area contributed by atoms with Gasteiger partial charge in [-0.05, 0) is 12.1 Å². The summed E-state index contributed by atoms with van der Waals surface area (Å²) < 4.78 is 0. The maximum absolute atomic E-state index is 10.6. The smallest absolute Gasteiger partial charge is 0.243 e. The quantitative estimate of drug-likeness (QED) is 0.579. The Labute approximate surface area is 81.6 Å². The topological polar surface area (TPSA) is 76.3 Å². The van der Waals surface area contributed by atoms with Crippen molar-refractivity contribution in [2.24, 2.45) is 0 Å². The number of aliphatic hydroxyl groups excluding tert-OH is 1. The van der Waals surface area contributed by atoms with Crippen molar-refractivity contribution < 1.29 is 10.0 Å². The first-order valence-corrected chi connectivity index (χ1v) is 4.39. The summed E-state index contributed by atoms with van der Waals surface area (Å²) in [4.78, 5) is 14.0. The van der Waals surface area contributed by atoms with Crippen LogP contribution in [0.15, 0.2) is 24.4 Å². The Morgan fingerprint density at radius 1 is 1.64 bits per heavy atom. The van der Waals surface area contributed by atoms with E-state index >= 15 is 0 Å². The van der Waals surface area contributed by atoms with Gasteiger partial charge in [-0.15, -0.1) is 0 Å². The lowest BCUT2D eigenvalue weighted by Gasteiger charge is -2.13. The first-order valence-electron chi connectivity index (χ1n) is 4.39. The van der Waals surface area contributed by atoms with E-state index in [4.69, 9.17) is 0 Å². The molecule has 0 aliphatic carbocycles. The summed E-state index contributed by atoms with van der Waals surface area (Å²) in [6, 6.07) is 3.99. The number of rotatable bonds is 4. The van der Waals surface area contributed by atoms with Gasteiger partial charge in [-0.25, -0.2) is 0 Å². The molecule has 0 amide bonds. The summed E-state index contributed by atoms with van der Waals surface area (Å²) in [6.45, 7) is 1.67. The molecule has 2 atom stereocenters. The van der Waals surface area contributed by atoms with Gasteiger partial charge in [-0.2, -0.15) is 0 Å². The minimum absolute atomic E-state index is 0.282. The molecule has 0 aliphatic rings. The van der Waals surface area contributed by atoms with Crippen molar-refractivity contribution in [3.05, 3.63) is 40.2 Å². The summed E-state index contributed by atoms with van der Waals surface area (Å²) >= 11 is 0. The van der Waals surface area contributed by atoms with E-state index in [1.54, 1.807) is 25.1 Å². The zero-order valence-corrected chi connectivity index (χ0v) is 7.83. The van der Waals surface area contributed by atoms with E-state index in [1.807, 2.05) is 0 Å². The highest BCUT2D eigenvalue weighted by molar-refractivity contribution is 5.07. The monoisotopic (exact) mass is 196 g/mol. The van der Waals surface area contributed by atoms with Gasteiger partial charge in [0.1, 0.15) is 0 Å². The highest BCUT2D eigenvalue weighted by Crippen LogP contribution is 2.18. The summed E-state index contributed by atoms with van der Waals surface area (Å²) in [5.41, 5.74) is 0.344. The molecule has 1 N–H and O–H groups in total. The molecule has 0 radical (unpaired) electrons. The molecule has 0 saturated carbocycles. The number of nitrogens with zero attached hydrogens (tertiary/aromatic N) is 2. The third kappa shape index (κ3) is 2.26. The molecule has 2 unspecified atom stereocenters. The molecule has 5 nitrogen and oxygen atoms in total. The second-order valence-electron chi connectivity index (χ2n) is 2.96. The van der Waals surface area contributed by atoms with Crippen LogP contribution in [0.3, 0.4) is 0 Å². The van der Waals surface area contributed by atoms with Gasteiger partial charge in [0, 0.05) is 17.5 Å². The van der Waals surface area contributed by atoms with Crippen LogP contribution in [0.25, 0.3) is 0 Å². The molecule has 0 aromatic carbocycles. The number of hydrogen-bond acceptors (Lipinski definition) is 4. The highest BCUT2D eigenvalue weighted by Gasteiger charge is 2.29. The Morgan fingerprint density at radius 2 is 2.36 bits per heavy atom. The predicted octanol–water partition coefficient (Wildman–Crippen LogP) is 1.17. The maximum Gasteiger partial charge on any atom is 0.243 e. The maximum atomic E-state index is 10.6. The second kappa shape index (κ2) is 4.66. The molecule has 0 spiro atoms. The predicted molar refractivity (Wildman–Crippen MR) is 50.3 cm³/mol.